The van der Waals surface area contributed by atoms with Gasteiger partial charge in [0.15, 0.2) is 0 Å². The van der Waals surface area contributed by atoms with Gasteiger partial charge in [-0.15, -0.1) is 0 Å². The number of amides is 1. The van der Waals surface area contributed by atoms with Gasteiger partial charge in [-0.05, 0) is 30.7 Å². The molecule has 3 heteroatoms. The van der Waals surface area contributed by atoms with Crippen molar-refractivity contribution in [1.29, 1.82) is 0 Å². The molecule has 0 saturated heterocycles. The van der Waals surface area contributed by atoms with Crippen molar-refractivity contribution >= 4 is 17.4 Å². The SMILES string of the molecule is C=C1CC1C(=O)N(c1ccccc1)c1ccccn1. The Hall–Kier alpha value is -2.42. The molecular weight excluding hydrogens is 236 g/mol. The number of benzene rings is 1. The Kier molecular flexibility index (Phi) is 2.88. The van der Waals surface area contributed by atoms with Gasteiger partial charge in [0.05, 0.1) is 11.6 Å². The van der Waals surface area contributed by atoms with Crippen LogP contribution in [0, 0.1) is 5.92 Å². The first-order valence-electron chi connectivity index (χ1n) is 6.25. The minimum absolute atomic E-state index is 0.0508. The van der Waals surface area contributed by atoms with Crippen LogP contribution in [0.5, 0.6) is 0 Å². The normalized spacial score (nSPS) is 17.1. The van der Waals surface area contributed by atoms with Gasteiger partial charge in [-0.2, -0.15) is 0 Å². The summed E-state index contributed by atoms with van der Waals surface area (Å²) in [6.45, 7) is 3.87. The Morgan fingerprint density at radius 2 is 1.84 bits per heavy atom. The highest BCUT2D eigenvalue weighted by atomic mass is 16.2. The lowest BCUT2D eigenvalue weighted by Crippen LogP contribution is -2.28. The molecule has 0 N–H and O–H groups in total. The average molecular weight is 250 g/mol. The summed E-state index contributed by atoms with van der Waals surface area (Å²) in [5.41, 5.74) is 1.84. The molecule has 0 aliphatic heterocycles. The number of para-hydroxylation sites is 1. The average Bonchev–Trinajstić information content (AvgIpc) is 3.19. The second kappa shape index (κ2) is 4.69. The second-order valence-corrected chi connectivity index (χ2v) is 4.61. The van der Waals surface area contributed by atoms with Crippen molar-refractivity contribution in [2.45, 2.75) is 6.42 Å². The Morgan fingerprint density at radius 3 is 2.42 bits per heavy atom. The number of nitrogens with zero attached hydrogens (tertiary/aromatic N) is 2. The van der Waals surface area contributed by atoms with E-state index < -0.39 is 0 Å². The van der Waals surface area contributed by atoms with Crippen LogP contribution in [0.25, 0.3) is 0 Å². The van der Waals surface area contributed by atoms with Crippen LogP contribution in [0.2, 0.25) is 0 Å². The first-order chi connectivity index (χ1) is 9.27. The molecule has 0 spiro atoms. The van der Waals surface area contributed by atoms with E-state index in [1.807, 2.05) is 48.5 Å². The highest BCUT2D eigenvalue weighted by molar-refractivity contribution is 6.04. The van der Waals surface area contributed by atoms with E-state index in [2.05, 4.69) is 11.6 Å². The quantitative estimate of drug-likeness (QED) is 0.783. The maximum absolute atomic E-state index is 12.5. The number of hydrogen-bond acceptors (Lipinski definition) is 2. The largest absolute Gasteiger partial charge is 0.273 e. The Morgan fingerprint density at radius 1 is 1.16 bits per heavy atom. The number of pyridine rings is 1. The maximum atomic E-state index is 12.5. The van der Waals surface area contributed by atoms with Crippen LogP contribution in [0.3, 0.4) is 0 Å². The molecule has 1 aliphatic carbocycles. The molecule has 94 valence electrons. The smallest absolute Gasteiger partial charge is 0.240 e. The summed E-state index contributed by atoms with van der Waals surface area (Å²) in [6, 6.07) is 15.2. The number of carbonyl (C=O) groups excluding carboxylic acids is 1. The lowest BCUT2D eigenvalue weighted by Gasteiger charge is -2.21. The molecule has 1 heterocycles. The molecule has 1 aromatic heterocycles. The summed E-state index contributed by atoms with van der Waals surface area (Å²) >= 11 is 0. The van der Waals surface area contributed by atoms with Crippen molar-refractivity contribution in [3.8, 4) is 0 Å². The zero-order valence-electron chi connectivity index (χ0n) is 10.5. The van der Waals surface area contributed by atoms with Crippen molar-refractivity contribution < 1.29 is 4.79 Å². The van der Waals surface area contributed by atoms with E-state index >= 15 is 0 Å². The van der Waals surface area contributed by atoms with Gasteiger partial charge < -0.3 is 0 Å². The summed E-state index contributed by atoms with van der Waals surface area (Å²) in [6.07, 6.45) is 2.48. The molecule has 1 amide bonds. The first kappa shape index (κ1) is 11.7. The molecule has 2 aromatic rings. The molecule has 1 fully saturated rings. The van der Waals surface area contributed by atoms with Crippen molar-refractivity contribution in [2.24, 2.45) is 5.92 Å². The minimum atomic E-state index is -0.0535. The molecule has 1 saturated carbocycles. The predicted molar refractivity (Wildman–Crippen MR) is 75.1 cm³/mol. The highest BCUT2D eigenvalue weighted by Gasteiger charge is 2.39. The third kappa shape index (κ3) is 2.27. The van der Waals surface area contributed by atoms with Crippen molar-refractivity contribution in [2.75, 3.05) is 4.90 Å². The van der Waals surface area contributed by atoms with Crippen LogP contribution in [-0.4, -0.2) is 10.9 Å². The van der Waals surface area contributed by atoms with Crippen LogP contribution < -0.4 is 4.90 Å². The van der Waals surface area contributed by atoms with Crippen LogP contribution in [0.15, 0.2) is 66.9 Å². The maximum Gasteiger partial charge on any atom is 0.240 e. The Labute approximate surface area is 112 Å². The summed E-state index contributed by atoms with van der Waals surface area (Å²) in [5, 5.41) is 0. The van der Waals surface area contributed by atoms with Gasteiger partial charge in [0.1, 0.15) is 5.82 Å². The summed E-state index contributed by atoms with van der Waals surface area (Å²) in [4.78, 5) is 18.5. The summed E-state index contributed by atoms with van der Waals surface area (Å²) in [5.74, 6) is 0.649. The fourth-order valence-electron chi connectivity index (χ4n) is 2.06. The molecule has 19 heavy (non-hydrogen) atoms. The van der Waals surface area contributed by atoms with Gasteiger partial charge in [0, 0.05) is 6.20 Å². The van der Waals surface area contributed by atoms with Gasteiger partial charge in [0.2, 0.25) is 5.91 Å². The summed E-state index contributed by atoms with van der Waals surface area (Å²) < 4.78 is 0. The van der Waals surface area contributed by atoms with E-state index in [1.54, 1.807) is 11.1 Å². The van der Waals surface area contributed by atoms with E-state index in [4.69, 9.17) is 0 Å². The zero-order chi connectivity index (χ0) is 13.2. The number of carbonyl (C=O) groups is 1. The number of hydrogen-bond donors (Lipinski definition) is 0. The number of rotatable bonds is 3. The number of anilines is 2. The standard InChI is InChI=1S/C16H14N2O/c1-12-11-14(12)16(19)18(13-7-3-2-4-8-13)15-9-5-6-10-17-15/h2-10,14H,1,11H2. The molecule has 0 bridgehead atoms. The van der Waals surface area contributed by atoms with E-state index in [-0.39, 0.29) is 11.8 Å². The van der Waals surface area contributed by atoms with E-state index in [9.17, 15) is 4.79 Å². The third-order valence-corrected chi connectivity index (χ3v) is 3.21. The zero-order valence-corrected chi connectivity index (χ0v) is 10.5. The fourth-order valence-corrected chi connectivity index (χ4v) is 2.06. The van der Waals surface area contributed by atoms with E-state index in [1.165, 1.54) is 0 Å². The second-order valence-electron chi connectivity index (χ2n) is 4.61. The van der Waals surface area contributed by atoms with Crippen molar-refractivity contribution in [3.05, 3.63) is 66.9 Å². The topological polar surface area (TPSA) is 33.2 Å². The van der Waals surface area contributed by atoms with Crippen molar-refractivity contribution in [1.82, 2.24) is 4.98 Å². The molecule has 0 radical (unpaired) electrons. The lowest BCUT2D eigenvalue weighted by atomic mass is 10.2. The fraction of sp³-hybridized carbons (Fsp3) is 0.125. The Balaban J connectivity index is 2.01. The van der Waals surface area contributed by atoms with Gasteiger partial charge in [0.25, 0.3) is 0 Å². The summed E-state index contributed by atoms with van der Waals surface area (Å²) in [7, 11) is 0. The van der Waals surface area contributed by atoms with Gasteiger partial charge >= 0.3 is 0 Å². The molecule has 1 aromatic carbocycles. The molecule has 3 nitrogen and oxygen atoms in total. The monoisotopic (exact) mass is 250 g/mol. The molecule has 1 unspecified atom stereocenters. The van der Waals surface area contributed by atoms with E-state index in [0.29, 0.717) is 5.82 Å². The van der Waals surface area contributed by atoms with Crippen LogP contribution >= 0.6 is 0 Å². The lowest BCUT2D eigenvalue weighted by molar-refractivity contribution is -0.118. The third-order valence-electron chi connectivity index (χ3n) is 3.21. The van der Waals surface area contributed by atoms with Gasteiger partial charge in [-0.3, -0.25) is 9.69 Å². The minimum Gasteiger partial charge on any atom is -0.273 e. The molecule has 1 aliphatic rings. The predicted octanol–water partition coefficient (Wildman–Crippen LogP) is 3.32. The van der Waals surface area contributed by atoms with Crippen LogP contribution in [0.4, 0.5) is 11.5 Å². The molecular formula is C16H14N2O. The van der Waals surface area contributed by atoms with Gasteiger partial charge in [-0.25, -0.2) is 4.98 Å². The molecule has 3 rings (SSSR count). The Bertz CT molecular complexity index is 568. The van der Waals surface area contributed by atoms with Crippen molar-refractivity contribution in [3.63, 3.8) is 0 Å². The highest BCUT2D eigenvalue weighted by Crippen LogP contribution is 2.40. The van der Waals surface area contributed by atoms with E-state index in [0.717, 1.165) is 17.7 Å². The van der Waals surface area contributed by atoms with Gasteiger partial charge in [-0.1, -0.05) is 36.4 Å². The first-order valence-corrected chi connectivity index (χ1v) is 6.25. The van der Waals surface area contributed by atoms with Crippen LogP contribution in [-0.2, 0) is 4.79 Å². The molecule has 1 atom stereocenters. The van der Waals surface area contributed by atoms with Crippen LogP contribution in [0.1, 0.15) is 6.42 Å². The number of aromatic nitrogens is 1.